The average molecular weight is 421 g/mol. The zero-order valence-corrected chi connectivity index (χ0v) is 16.8. The molecule has 3 heterocycles. The van der Waals surface area contributed by atoms with E-state index < -0.39 is 11.7 Å². The van der Waals surface area contributed by atoms with E-state index in [9.17, 15) is 18.0 Å². The Hall–Kier alpha value is -2.42. The Labute approximate surface area is 173 Å². The molecule has 2 aromatic heterocycles. The third kappa shape index (κ3) is 4.66. The number of likely N-dealkylation sites (tertiary alicyclic amines) is 1. The second-order valence-electron chi connectivity index (χ2n) is 8.00. The number of nitrogens with one attached hydrogen (secondary N) is 1. The summed E-state index contributed by atoms with van der Waals surface area (Å²) in [5.41, 5.74) is 1.25. The van der Waals surface area contributed by atoms with E-state index in [0.29, 0.717) is 19.6 Å². The number of pyridine rings is 1. The lowest BCUT2D eigenvalue weighted by atomic mass is 10.0. The molecular weight excluding hydrogens is 395 g/mol. The highest BCUT2D eigenvalue weighted by atomic mass is 19.4. The van der Waals surface area contributed by atoms with Crippen molar-refractivity contribution < 1.29 is 13.2 Å². The number of aromatic nitrogens is 3. The molecule has 0 aromatic carbocycles. The smallest absolute Gasteiger partial charge is 0.368 e. The van der Waals surface area contributed by atoms with E-state index in [1.807, 2.05) is 0 Å². The summed E-state index contributed by atoms with van der Waals surface area (Å²) in [5, 5.41) is 7.43. The van der Waals surface area contributed by atoms with Gasteiger partial charge in [0.25, 0.3) is 5.56 Å². The number of piperidine rings is 1. The van der Waals surface area contributed by atoms with Crippen LogP contribution in [0, 0.1) is 0 Å². The number of halogens is 3. The molecule has 1 N–H and O–H groups in total. The maximum atomic E-state index is 13.2. The molecule has 9 heteroatoms. The lowest BCUT2D eigenvalue weighted by Gasteiger charge is -2.36. The molecule has 1 unspecified atom stereocenters. The summed E-state index contributed by atoms with van der Waals surface area (Å²) in [6.45, 7) is 2.37. The molecule has 1 saturated heterocycles. The maximum absolute atomic E-state index is 13.2. The zero-order valence-electron chi connectivity index (χ0n) is 16.8. The average Bonchev–Trinajstić information content (AvgIpc) is 3.17. The summed E-state index contributed by atoms with van der Waals surface area (Å²) >= 11 is 0. The van der Waals surface area contributed by atoms with Gasteiger partial charge in [0.05, 0.1) is 17.8 Å². The van der Waals surface area contributed by atoms with Crippen LogP contribution in [0.1, 0.15) is 42.5 Å². The van der Waals surface area contributed by atoms with E-state index in [1.165, 1.54) is 16.9 Å². The molecule has 2 aromatic rings. The van der Waals surface area contributed by atoms with Crippen LogP contribution < -0.4 is 10.9 Å². The van der Waals surface area contributed by atoms with Crippen LogP contribution in [-0.2, 0) is 25.6 Å². The van der Waals surface area contributed by atoms with E-state index in [0.717, 1.165) is 62.4 Å². The van der Waals surface area contributed by atoms with Crippen molar-refractivity contribution in [2.45, 2.75) is 57.3 Å². The van der Waals surface area contributed by atoms with Gasteiger partial charge in [0.2, 0.25) is 0 Å². The van der Waals surface area contributed by atoms with Crippen molar-refractivity contribution in [3.8, 4) is 0 Å². The first-order valence-corrected chi connectivity index (χ1v) is 10.5. The number of fused-ring (bicyclic) bond motifs is 1. The maximum Gasteiger partial charge on any atom is 0.419 e. The first kappa shape index (κ1) is 20.8. The minimum absolute atomic E-state index is 0.0781. The van der Waals surface area contributed by atoms with Crippen molar-refractivity contribution in [3.63, 3.8) is 0 Å². The normalized spacial score (nSPS) is 19.6. The van der Waals surface area contributed by atoms with Crippen LogP contribution in [-0.4, -0.2) is 45.3 Å². The van der Waals surface area contributed by atoms with Crippen LogP contribution in [0.15, 0.2) is 29.2 Å². The third-order valence-electron chi connectivity index (χ3n) is 5.99. The van der Waals surface area contributed by atoms with Gasteiger partial charge in [-0.2, -0.15) is 18.3 Å². The molecule has 1 fully saturated rings. The first-order chi connectivity index (χ1) is 14.4. The molecule has 6 nitrogen and oxygen atoms in total. The zero-order chi connectivity index (χ0) is 21.1. The highest BCUT2D eigenvalue weighted by Crippen LogP contribution is 2.33. The molecule has 0 radical (unpaired) electrons. The number of nitrogens with zero attached hydrogens (tertiary/aromatic N) is 4. The lowest BCUT2D eigenvalue weighted by molar-refractivity contribution is -0.137. The van der Waals surface area contributed by atoms with Crippen molar-refractivity contribution >= 4 is 5.82 Å². The molecule has 0 bridgehead atoms. The van der Waals surface area contributed by atoms with Crippen LogP contribution in [0.4, 0.5) is 19.0 Å². The monoisotopic (exact) mass is 421 g/mol. The van der Waals surface area contributed by atoms with Crippen molar-refractivity contribution in [1.29, 1.82) is 0 Å². The van der Waals surface area contributed by atoms with Crippen molar-refractivity contribution in [2.75, 3.05) is 25.0 Å². The van der Waals surface area contributed by atoms with Gasteiger partial charge in [-0.3, -0.25) is 9.69 Å². The molecule has 1 atom stereocenters. The number of aryl methyl sites for hydroxylation is 2. The van der Waals surface area contributed by atoms with Crippen LogP contribution >= 0.6 is 0 Å². The lowest BCUT2D eigenvalue weighted by Crippen LogP contribution is -2.46. The minimum atomic E-state index is -4.44. The molecule has 0 amide bonds. The Bertz CT molecular complexity index is 943. The Morgan fingerprint density at radius 1 is 1.17 bits per heavy atom. The summed E-state index contributed by atoms with van der Waals surface area (Å²) in [6, 6.07) is 4.12. The van der Waals surface area contributed by atoms with Gasteiger partial charge in [-0.25, -0.2) is 9.67 Å². The number of anilines is 1. The second kappa shape index (κ2) is 8.75. The molecule has 2 aliphatic rings. The topological polar surface area (TPSA) is 63.1 Å². The Kier molecular flexibility index (Phi) is 6.08. The molecule has 4 rings (SSSR count). The largest absolute Gasteiger partial charge is 0.419 e. The van der Waals surface area contributed by atoms with Crippen LogP contribution in [0.5, 0.6) is 0 Å². The van der Waals surface area contributed by atoms with Crippen molar-refractivity contribution in [2.24, 2.45) is 0 Å². The first-order valence-electron chi connectivity index (χ1n) is 10.5. The van der Waals surface area contributed by atoms with Crippen LogP contribution in [0.3, 0.4) is 0 Å². The van der Waals surface area contributed by atoms with Gasteiger partial charge in [0.1, 0.15) is 5.82 Å². The molecular formula is C21H26F3N5O. The van der Waals surface area contributed by atoms with Gasteiger partial charge in [0, 0.05) is 31.4 Å². The van der Waals surface area contributed by atoms with Crippen molar-refractivity contribution in [3.05, 3.63) is 51.6 Å². The number of rotatable bonds is 6. The van der Waals surface area contributed by atoms with Crippen molar-refractivity contribution in [1.82, 2.24) is 19.7 Å². The van der Waals surface area contributed by atoms with Crippen LogP contribution in [0.2, 0.25) is 0 Å². The fourth-order valence-corrected chi connectivity index (χ4v) is 4.40. The highest BCUT2D eigenvalue weighted by molar-refractivity contribution is 5.45. The van der Waals surface area contributed by atoms with Gasteiger partial charge in [-0.1, -0.05) is 6.42 Å². The van der Waals surface area contributed by atoms with E-state index >= 15 is 0 Å². The summed E-state index contributed by atoms with van der Waals surface area (Å²) in [6.07, 6.45) is 2.77. The summed E-state index contributed by atoms with van der Waals surface area (Å²) in [5.74, 6) is -0.132. The van der Waals surface area contributed by atoms with E-state index in [-0.39, 0.29) is 17.4 Å². The second-order valence-corrected chi connectivity index (χ2v) is 8.00. The van der Waals surface area contributed by atoms with Gasteiger partial charge in [-0.05, 0) is 56.3 Å². The van der Waals surface area contributed by atoms with E-state index in [1.54, 1.807) is 6.07 Å². The minimum Gasteiger partial charge on any atom is -0.368 e. The standard InChI is InChI=1S/C21H26F3N5O/c22-21(23,24)17-7-4-9-25-20(17)26-14-16-6-1-2-10-28(16)11-12-29-19(30)13-15-5-3-8-18(15)27-29/h4,7,9,13,16H,1-3,5-6,8,10-12,14H2,(H,25,26). The molecule has 0 spiro atoms. The predicted molar refractivity (Wildman–Crippen MR) is 107 cm³/mol. The van der Waals surface area contributed by atoms with Gasteiger partial charge in [-0.15, -0.1) is 0 Å². The van der Waals surface area contributed by atoms with Gasteiger partial charge < -0.3 is 5.32 Å². The quantitative estimate of drug-likeness (QED) is 0.777. The fourth-order valence-electron chi connectivity index (χ4n) is 4.40. The predicted octanol–water partition coefficient (Wildman–Crippen LogP) is 3.11. The Morgan fingerprint density at radius 2 is 2.03 bits per heavy atom. The molecule has 1 aliphatic heterocycles. The number of hydrogen-bond donors (Lipinski definition) is 1. The van der Waals surface area contributed by atoms with Gasteiger partial charge >= 0.3 is 6.18 Å². The third-order valence-corrected chi connectivity index (χ3v) is 5.99. The SMILES string of the molecule is O=c1cc2c(nn1CCN1CCCCC1CNc1ncccc1C(F)(F)F)CCC2. The fraction of sp³-hybridized carbons (Fsp3) is 0.571. The number of alkyl halides is 3. The summed E-state index contributed by atoms with van der Waals surface area (Å²) < 4.78 is 41.1. The van der Waals surface area contributed by atoms with E-state index in [2.05, 4.69) is 20.3 Å². The Balaban J connectivity index is 1.40. The summed E-state index contributed by atoms with van der Waals surface area (Å²) in [7, 11) is 0. The molecule has 162 valence electrons. The molecule has 0 saturated carbocycles. The molecule has 1 aliphatic carbocycles. The van der Waals surface area contributed by atoms with Crippen LogP contribution in [0.25, 0.3) is 0 Å². The van der Waals surface area contributed by atoms with Gasteiger partial charge in [0.15, 0.2) is 0 Å². The highest BCUT2D eigenvalue weighted by Gasteiger charge is 2.34. The number of hydrogen-bond acceptors (Lipinski definition) is 5. The Morgan fingerprint density at radius 3 is 2.87 bits per heavy atom. The van der Waals surface area contributed by atoms with E-state index in [4.69, 9.17) is 0 Å². The summed E-state index contributed by atoms with van der Waals surface area (Å²) in [4.78, 5) is 18.5. The molecule has 30 heavy (non-hydrogen) atoms.